The van der Waals surface area contributed by atoms with Gasteiger partial charge in [0.15, 0.2) is 0 Å². The molecule has 1 aromatic carbocycles. The smallest absolute Gasteiger partial charge is 0.312 e. The number of carboxylic acid groups (broad SMARTS) is 1. The molecule has 0 saturated heterocycles. The number of carboxylic acids is 1. The molecule has 1 atom stereocenters. The summed E-state index contributed by atoms with van der Waals surface area (Å²) in [5, 5.41) is 12.2. The highest BCUT2D eigenvalue weighted by Gasteiger charge is 2.33. The van der Waals surface area contributed by atoms with E-state index in [0.717, 1.165) is 16.3 Å². The lowest BCUT2D eigenvalue weighted by Gasteiger charge is -2.17. The summed E-state index contributed by atoms with van der Waals surface area (Å²) in [7, 11) is 0. The molecule has 92 valence electrons. The summed E-state index contributed by atoms with van der Waals surface area (Å²) >= 11 is 1.59. The zero-order valence-electron chi connectivity index (χ0n) is 9.61. The van der Waals surface area contributed by atoms with Gasteiger partial charge in [0.1, 0.15) is 10.9 Å². The van der Waals surface area contributed by atoms with E-state index in [9.17, 15) is 9.90 Å². The van der Waals surface area contributed by atoms with Gasteiger partial charge in [0.05, 0.1) is 6.54 Å². The number of carbonyl (C=O) groups is 1. The first kappa shape index (κ1) is 11.2. The first-order chi connectivity index (χ1) is 8.75. The molecule has 18 heavy (non-hydrogen) atoms. The molecule has 0 fully saturated rings. The van der Waals surface area contributed by atoms with Crippen LogP contribution in [0.4, 0.5) is 5.69 Å². The Morgan fingerprint density at radius 3 is 3.06 bits per heavy atom. The van der Waals surface area contributed by atoms with Gasteiger partial charge in [-0.2, -0.15) is 0 Å². The van der Waals surface area contributed by atoms with E-state index in [0.29, 0.717) is 13.1 Å². The Labute approximate surface area is 109 Å². The number of anilines is 1. The van der Waals surface area contributed by atoms with E-state index in [1.807, 2.05) is 29.6 Å². The Kier molecular flexibility index (Phi) is 2.76. The normalized spacial score (nSPS) is 17.8. The van der Waals surface area contributed by atoms with Gasteiger partial charge in [-0.25, -0.2) is 4.98 Å². The lowest BCUT2D eigenvalue weighted by molar-refractivity contribution is -0.138. The molecular weight excluding hydrogens is 248 g/mol. The van der Waals surface area contributed by atoms with Crippen LogP contribution >= 0.6 is 11.3 Å². The lowest BCUT2D eigenvalue weighted by atomic mass is 10.0. The van der Waals surface area contributed by atoms with Crippen molar-refractivity contribution in [2.75, 3.05) is 11.4 Å². The third-order valence-corrected chi connectivity index (χ3v) is 3.93. The number of rotatable bonds is 3. The molecule has 1 unspecified atom stereocenters. The second-order valence-electron chi connectivity index (χ2n) is 4.26. The van der Waals surface area contributed by atoms with Gasteiger partial charge in [0.25, 0.3) is 0 Å². The number of hydrogen-bond donors (Lipinski definition) is 1. The van der Waals surface area contributed by atoms with Crippen molar-refractivity contribution in [2.45, 2.75) is 12.5 Å². The maximum absolute atomic E-state index is 11.3. The van der Waals surface area contributed by atoms with Crippen LogP contribution in [-0.4, -0.2) is 22.6 Å². The minimum atomic E-state index is -0.760. The van der Waals surface area contributed by atoms with Crippen LogP contribution in [0.15, 0.2) is 35.8 Å². The van der Waals surface area contributed by atoms with Crippen molar-refractivity contribution in [1.29, 1.82) is 0 Å². The summed E-state index contributed by atoms with van der Waals surface area (Å²) in [5.41, 5.74) is 1.92. The minimum Gasteiger partial charge on any atom is -0.481 e. The molecule has 3 rings (SSSR count). The van der Waals surface area contributed by atoms with Gasteiger partial charge in [-0.15, -0.1) is 11.3 Å². The van der Waals surface area contributed by atoms with Crippen molar-refractivity contribution in [3.63, 3.8) is 0 Å². The first-order valence-electron chi connectivity index (χ1n) is 5.71. The molecule has 0 spiro atoms. The summed E-state index contributed by atoms with van der Waals surface area (Å²) in [6.07, 6.45) is 1.77. The Hall–Kier alpha value is -1.88. The molecule has 0 radical (unpaired) electrons. The second-order valence-corrected chi connectivity index (χ2v) is 5.24. The zero-order chi connectivity index (χ0) is 12.5. The average Bonchev–Trinajstić information content (AvgIpc) is 2.98. The zero-order valence-corrected chi connectivity index (χ0v) is 10.4. The molecule has 1 aliphatic heterocycles. The van der Waals surface area contributed by atoms with Crippen LogP contribution in [0.1, 0.15) is 16.5 Å². The van der Waals surface area contributed by atoms with Crippen LogP contribution in [0.2, 0.25) is 0 Å². The van der Waals surface area contributed by atoms with Crippen molar-refractivity contribution in [1.82, 2.24) is 4.98 Å². The summed E-state index contributed by atoms with van der Waals surface area (Å²) in [6.45, 7) is 1.20. The van der Waals surface area contributed by atoms with Gasteiger partial charge in [-0.3, -0.25) is 4.79 Å². The fourth-order valence-corrected chi connectivity index (χ4v) is 2.97. The predicted octanol–water partition coefficient (Wildman–Crippen LogP) is 2.33. The number of thiazole rings is 1. The molecular formula is C13H12N2O2S. The first-order valence-corrected chi connectivity index (χ1v) is 6.58. The van der Waals surface area contributed by atoms with Crippen LogP contribution in [0.5, 0.6) is 0 Å². The van der Waals surface area contributed by atoms with Gasteiger partial charge in [-0.05, 0) is 11.6 Å². The van der Waals surface area contributed by atoms with E-state index >= 15 is 0 Å². The van der Waals surface area contributed by atoms with Gasteiger partial charge >= 0.3 is 5.97 Å². The van der Waals surface area contributed by atoms with Gasteiger partial charge < -0.3 is 10.0 Å². The van der Waals surface area contributed by atoms with Crippen LogP contribution in [0.25, 0.3) is 0 Å². The topological polar surface area (TPSA) is 53.4 Å². The van der Waals surface area contributed by atoms with Crippen molar-refractivity contribution in [2.24, 2.45) is 0 Å². The number of benzene rings is 1. The molecule has 1 aliphatic rings. The number of hydrogen-bond acceptors (Lipinski definition) is 4. The Morgan fingerprint density at radius 1 is 1.50 bits per heavy atom. The van der Waals surface area contributed by atoms with Crippen LogP contribution in [-0.2, 0) is 11.3 Å². The van der Waals surface area contributed by atoms with Crippen LogP contribution in [0, 0.1) is 0 Å². The number of para-hydroxylation sites is 1. The summed E-state index contributed by atoms with van der Waals surface area (Å²) in [4.78, 5) is 17.6. The van der Waals surface area contributed by atoms with Gasteiger partial charge in [0.2, 0.25) is 0 Å². The highest BCUT2D eigenvalue weighted by molar-refractivity contribution is 7.09. The van der Waals surface area contributed by atoms with Crippen LogP contribution < -0.4 is 4.90 Å². The molecule has 5 heteroatoms. The van der Waals surface area contributed by atoms with E-state index in [1.165, 1.54) is 0 Å². The monoisotopic (exact) mass is 260 g/mol. The Morgan fingerprint density at radius 2 is 2.33 bits per heavy atom. The fraction of sp³-hybridized carbons (Fsp3) is 0.231. The molecule has 0 aliphatic carbocycles. The van der Waals surface area contributed by atoms with E-state index in [4.69, 9.17) is 0 Å². The molecule has 0 amide bonds. The molecule has 4 nitrogen and oxygen atoms in total. The molecule has 1 N–H and O–H groups in total. The summed E-state index contributed by atoms with van der Waals surface area (Å²) in [6, 6.07) is 7.71. The highest BCUT2D eigenvalue weighted by atomic mass is 32.1. The molecule has 0 saturated carbocycles. The summed E-state index contributed by atoms with van der Waals surface area (Å²) < 4.78 is 0. The molecule has 1 aromatic heterocycles. The van der Waals surface area contributed by atoms with Crippen molar-refractivity contribution < 1.29 is 9.90 Å². The number of aromatic nitrogens is 1. The summed E-state index contributed by atoms with van der Waals surface area (Å²) in [5.74, 6) is -1.19. The maximum Gasteiger partial charge on any atom is 0.312 e. The Balaban J connectivity index is 1.92. The second kappa shape index (κ2) is 4.42. The maximum atomic E-state index is 11.3. The fourth-order valence-electron chi connectivity index (χ4n) is 2.34. The third-order valence-electron chi connectivity index (χ3n) is 3.16. The third kappa shape index (κ3) is 1.86. The molecule has 0 bridgehead atoms. The van der Waals surface area contributed by atoms with Crippen molar-refractivity contribution >= 4 is 23.0 Å². The molecule has 2 aromatic rings. The van der Waals surface area contributed by atoms with E-state index in [2.05, 4.69) is 9.88 Å². The number of aliphatic carboxylic acids is 1. The minimum absolute atomic E-state index is 0.429. The highest BCUT2D eigenvalue weighted by Crippen LogP contribution is 2.37. The van der Waals surface area contributed by atoms with Crippen LogP contribution in [0.3, 0.4) is 0 Å². The number of fused-ring (bicyclic) bond motifs is 1. The van der Waals surface area contributed by atoms with Crippen molar-refractivity contribution in [3.8, 4) is 0 Å². The molecule has 2 heterocycles. The quantitative estimate of drug-likeness (QED) is 0.920. The van der Waals surface area contributed by atoms with Crippen molar-refractivity contribution in [3.05, 3.63) is 46.4 Å². The van der Waals surface area contributed by atoms with E-state index in [-0.39, 0.29) is 0 Å². The SMILES string of the molecule is O=C(O)C1CN(Cc2nccs2)c2ccccc21. The van der Waals surface area contributed by atoms with Gasteiger partial charge in [0, 0.05) is 23.8 Å². The number of nitrogens with zero attached hydrogens (tertiary/aromatic N) is 2. The average molecular weight is 260 g/mol. The standard InChI is InChI=1S/C13H12N2O2S/c16-13(17)10-7-15(8-12-14-5-6-18-12)11-4-2-1-3-9(10)11/h1-6,10H,7-8H2,(H,16,17). The lowest BCUT2D eigenvalue weighted by Crippen LogP contribution is -2.23. The largest absolute Gasteiger partial charge is 0.481 e. The van der Waals surface area contributed by atoms with E-state index < -0.39 is 11.9 Å². The predicted molar refractivity (Wildman–Crippen MR) is 70.0 cm³/mol. The van der Waals surface area contributed by atoms with E-state index in [1.54, 1.807) is 17.5 Å². The Bertz CT molecular complexity index is 568. The van der Waals surface area contributed by atoms with Gasteiger partial charge in [-0.1, -0.05) is 18.2 Å².